The van der Waals surface area contributed by atoms with E-state index in [1.165, 1.54) is 4.90 Å². The van der Waals surface area contributed by atoms with Crippen molar-refractivity contribution in [1.82, 2.24) is 4.98 Å². The lowest BCUT2D eigenvalue weighted by Crippen LogP contribution is -2.37. The average Bonchev–Trinajstić information content (AvgIpc) is 3.04. The molecule has 1 saturated heterocycles. The molecule has 0 spiro atoms. The van der Waals surface area contributed by atoms with Crippen molar-refractivity contribution in [3.05, 3.63) is 23.9 Å². The Hall–Kier alpha value is -0.750. The van der Waals surface area contributed by atoms with Crippen LogP contribution in [-0.2, 0) is 9.59 Å². The van der Waals surface area contributed by atoms with E-state index in [9.17, 15) is 9.59 Å². The van der Waals surface area contributed by atoms with Crippen LogP contribution in [0.25, 0.3) is 0 Å². The van der Waals surface area contributed by atoms with Crippen LogP contribution in [0.3, 0.4) is 0 Å². The minimum atomic E-state index is -0.178. The molecule has 2 aliphatic carbocycles. The fraction of sp³-hybridized carbons (Fsp3) is 0.533. The number of hydrogen-bond acceptors (Lipinski definition) is 3. The Labute approximate surface area is 139 Å². The minimum Gasteiger partial charge on any atom is -0.274 e. The number of imide groups is 1. The minimum absolute atomic E-state index is 0.0700. The summed E-state index contributed by atoms with van der Waals surface area (Å²) in [5.74, 6) is 0.465. The van der Waals surface area contributed by atoms with Crippen LogP contribution in [-0.4, -0.2) is 26.5 Å². The van der Waals surface area contributed by atoms with Gasteiger partial charge in [0.05, 0.1) is 11.8 Å². The van der Waals surface area contributed by atoms with Crippen LogP contribution < -0.4 is 4.90 Å². The van der Waals surface area contributed by atoms with Gasteiger partial charge in [0, 0.05) is 15.3 Å². The summed E-state index contributed by atoms with van der Waals surface area (Å²) >= 11 is 7.38. The first kappa shape index (κ1) is 13.9. The summed E-state index contributed by atoms with van der Waals surface area (Å²) in [6.45, 7) is 1.86. The van der Waals surface area contributed by atoms with E-state index in [0.29, 0.717) is 5.82 Å². The van der Waals surface area contributed by atoms with Gasteiger partial charge >= 0.3 is 0 Å². The molecule has 6 heteroatoms. The molecule has 0 radical (unpaired) electrons. The molecule has 4 nitrogen and oxygen atoms in total. The Morgan fingerprint density at radius 3 is 2.19 bits per heavy atom. The van der Waals surface area contributed by atoms with Crippen LogP contribution in [0.15, 0.2) is 18.2 Å². The van der Waals surface area contributed by atoms with Gasteiger partial charge in [-0.05, 0) is 37.3 Å². The molecule has 0 aromatic carbocycles. The lowest BCUT2D eigenvalue weighted by atomic mass is 9.81. The second-order valence-electron chi connectivity index (χ2n) is 6.15. The first-order valence-electron chi connectivity index (χ1n) is 7.10. The van der Waals surface area contributed by atoms with Gasteiger partial charge in [-0.3, -0.25) is 9.59 Å². The largest absolute Gasteiger partial charge is 0.274 e. The van der Waals surface area contributed by atoms with Gasteiger partial charge < -0.3 is 0 Å². The molecule has 1 aromatic rings. The number of hydrogen-bond donors (Lipinski definition) is 0. The van der Waals surface area contributed by atoms with Gasteiger partial charge in [-0.1, -0.05) is 37.9 Å². The molecule has 0 N–H and O–H groups in total. The molecule has 2 heterocycles. The number of rotatable bonds is 1. The van der Waals surface area contributed by atoms with Crippen molar-refractivity contribution >= 4 is 49.5 Å². The summed E-state index contributed by atoms with van der Waals surface area (Å²) in [7, 11) is 0. The molecular formula is C15H14Br2N2O2. The smallest absolute Gasteiger partial charge is 0.239 e. The van der Waals surface area contributed by atoms with Crippen LogP contribution in [0.2, 0.25) is 0 Å². The molecule has 3 aliphatic rings. The second-order valence-corrected chi connectivity index (χ2v) is 8.27. The maximum absolute atomic E-state index is 12.8. The van der Waals surface area contributed by atoms with Gasteiger partial charge in [-0.15, -0.1) is 0 Å². The van der Waals surface area contributed by atoms with E-state index in [1.54, 1.807) is 6.07 Å². The Balaban J connectivity index is 1.75. The zero-order chi connectivity index (χ0) is 14.9. The zero-order valence-electron chi connectivity index (χ0n) is 11.4. The normalized spacial score (nSPS) is 41.0. The molecule has 2 saturated carbocycles. The number of amides is 2. The number of fused-ring (bicyclic) bond motifs is 5. The van der Waals surface area contributed by atoms with E-state index in [0.717, 1.165) is 12.1 Å². The number of carbonyl (C=O) groups is 2. The molecule has 3 fully saturated rings. The highest BCUT2D eigenvalue weighted by Gasteiger charge is 2.66. The topological polar surface area (TPSA) is 50.3 Å². The molecule has 2 bridgehead atoms. The fourth-order valence-corrected chi connectivity index (χ4v) is 6.10. The average molecular weight is 414 g/mol. The summed E-state index contributed by atoms with van der Waals surface area (Å²) in [6, 6.07) is 5.44. The summed E-state index contributed by atoms with van der Waals surface area (Å²) in [6.07, 6.45) is 0.952. The summed E-state index contributed by atoms with van der Waals surface area (Å²) in [4.78, 5) is 31.8. The van der Waals surface area contributed by atoms with Crippen molar-refractivity contribution in [2.24, 2.45) is 23.7 Å². The Bertz CT molecular complexity index is 618. The van der Waals surface area contributed by atoms with Crippen molar-refractivity contribution in [2.45, 2.75) is 23.0 Å². The van der Waals surface area contributed by atoms with Gasteiger partial charge in [0.25, 0.3) is 0 Å². The van der Waals surface area contributed by atoms with Crippen molar-refractivity contribution < 1.29 is 9.59 Å². The molecule has 4 rings (SSSR count). The molecule has 110 valence electrons. The Morgan fingerprint density at radius 2 is 1.67 bits per heavy atom. The molecule has 0 unspecified atom stereocenters. The number of alkyl halides is 2. The quantitative estimate of drug-likeness (QED) is 0.525. The number of anilines is 1. The van der Waals surface area contributed by atoms with Gasteiger partial charge in [-0.2, -0.15) is 0 Å². The van der Waals surface area contributed by atoms with Crippen LogP contribution in [0.4, 0.5) is 5.82 Å². The third kappa shape index (κ3) is 1.75. The van der Waals surface area contributed by atoms with Gasteiger partial charge in [0.15, 0.2) is 0 Å². The van der Waals surface area contributed by atoms with Crippen molar-refractivity contribution in [1.29, 1.82) is 0 Å². The molecule has 1 aromatic heterocycles. The first-order valence-corrected chi connectivity index (χ1v) is 8.93. The Morgan fingerprint density at radius 1 is 1.10 bits per heavy atom. The molecule has 1 aliphatic heterocycles. The van der Waals surface area contributed by atoms with Crippen LogP contribution >= 0.6 is 31.9 Å². The number of halogens is 2. The van der Waals surface area contributed by atoms with Gasteiger partial charge in [0.2, 0.25) is 11.8 Å². The highest BCUT2D eigenvalue weighted by atomic mass is 79.9. The van der Waals surface area contributed by atoms with E-state index in [2.05, 4.69) is 36.8 Å². The number of pyridine rings is 1. The van der Waals surface area contributed by atoms with Crippen molar-refractivity contribution in [3.63, 3.8) is 0 Å². The highest BCUT2D eigenvalue weighted by molar-refractivity contribution is 9.12. The standard InChI is InChI=1S/C15H14Br2N2O2/c1-6-3-2-4-9(18-6)19-14(20)10-7-5-8(11(10)15(19)21)13(17)12(7)16/h2-4,7-8,10-13H,5H2,1H3/t7-,8+,10-,11-,12-,13+/m0/s1. The number of carbonyl (C=O) groups excluding carboxylic acids is 2. The van der Waals surface area contributed by atoms with Crippen molar-refractivity contribution in [2.75, 3.05) is 4.90 Å². The monoisotopic (exact) mass is 412 g/mol. The zero-order valence-corrected chi connectivity index (χ0v) is 14.5. The lowest BCUT2D eigenvalue weighted by Gasteiger charge is -2.28. The van der Waals surface area contributed by atoms with Crippen LogP contribution in [0, 0.1) is 30.6 Å². The third-order valence-corrected chi connectivity index (χ3v) is 8.30. The van der Waals surface area contributed by atoms with Crippen molar-refractivity contribution in [3.8, 4) is 0 Å². The molecule has 21 heavy (non-hydrogen) atoms. The van der Waals surface area contributed by atoms with E-state index in [1.807, 2.05) is 19.1 Å². The maximum Gasteiger partial charge on any atom is 0.239 e. The highest BCUT2D eigenvalue weighted by Crippen LogP contribution is 2.60. The number of aromatic nitrogens is 1. The van der Waals surface area contributed by atoms with Crippen LogP contribution in [0.5, 0.6) is 0 Å². The molecule has 6 atom stereocenters. The van der Waals surface area contributed by atoms with Gasteiger partial charge in [0.1, 0.15) is 5.82 Å². The number of aryl methyl sites for hydroxylation is 1. The lowest BCUT2D eigenvalue weighted by molar-refractivity contribution is -0.123. The molecule has 2 amide bonds. The SMILES string of the molecule is Cc1cccc(N2C(=O)[C@H]3[C@@H]4C[C@@H]([C@@H](Br)[C@H]4Br)[C@@H]3C2=O)n1. The van der Waals surface area contributed by atoms with E-state index in [4.69, 9.17) is 0 Å². The molecular weight excluding hydrogens is 400 g/mol. The fourth-order valence-electron chi connectivity index (χ4n) is 4.23. The first-order chi connectivity index (χ1) is 10.0. The van der Waals surface area contributed by atoms with Crippen LogP contribution in [0.1, 0.15) is 12.1 Å². The number of nitrogens with zero attached hydrogens (tertiary/aromatic N) is 2. The maximum atomic E-state index is 12.8. The van der Waals surface area contributed by atoms with E-state index >= 15 is 0 Å². The van der Waals surface area contributed by atoms with Gasteiger partial charge in [-0.25, -0.2) is 9.88 Å². The predicted molar refractivity (Wildman–Crippen MR) is 85.5 cm³/mol. The Kier molecular flexibility index (Phi) is 3.05. The second kappa shape index (κ2) is 4.62. The third-order valence-electron chi connectivity index (χ3n) is 5.09. The summed E-state index contributed by atoms with van der Waals surface area (Å²) in [5.41, 5.74) is 0.810. The van der Waals surface area contributed by atoms with E-state index < -0.39 is 0 Å². The predicted octanol–water partition coefficient (Wildman–Crippen LogP) is 2.67. The summed E-state index contributed by atoms with van der Waals surface area (Å²) < 4.78 is 0. The summed E-state index contributed by atoms with van der Waals surface area (Å²) in [5, 5.41) is 0. The van der Waals surface area contributed by atoms with E-state index in [-0.39, 0.29) is 45.1 Å².